The van der Waals surface area contributed by atoms with Gasteiger partial charge in [0.15, 0.2) is 5.79 Å². The Labute approximate surface area is 128 Å². The number of ether oxygens (including phenoxy) is 2. The van der Waals surface area contributed by atoms with Crippen LogP contribution in [0.2, 0.25) is 0 Å². The van der Waals surface area contributed by atoms with Crippen molar-refractivity contribution >= 4 is 15.9 Å². The summed E-state index contributed by atoms with van der Waals surface area (Å²) in [6, 6.07) is 0. The first-order valence-corrected chi connectivity index (χ1v) is 8.15. The Morgan fingerprint density at radius 1 is 1.25 bits per heavy atom. The third-order valence-corrected chi connectivity index (χ3v) is 5.29. The Bertz CT molecular complexity index is 473. The van der Waals surface area contributed by atoms with E-state index in [-0.39, 0.29) is 5.79 Å². The lowest BCUT2D eigenvalue weighted by Gasteiger charge is -2.37. The first-order chi connectivity index (χ1) is 9.63. The fourth-order valence-corrected chi connectivity index (χ4v) is 3.48. The van der Waals surface area contributed by atoms with Crippen LogP contribution in [0, 0.1) is 6.92 Å². The van der Waals surface area contributed by atoms with E-state index in [1.54, 1.807) is 0 Å². The lowest BCUT2D eigenvalue weighted by Crippen LogP contribution is -2.44. The zero-order valence-electron chi connectivity index (χ0n) is 12.2. The normalized spacial score (nSPS) is 22.8. The predicted molar refractivity (Wildman–Crippen MR) is 79.5 cm³/mol. The summed E-state index contributed by atoms with van der Waals surface area (Å²) in [5.74, 6) is -0.283. The van der Waals surface area contributed by atoms with Crippen molar-refractivity contribution in [1.82, 2.24) is 14.7 Å². The third-order valence-electron chi connectivity index (χ3n) is 4.26. The van der Waals surface area contributed by atoms with Gasteiger partial charge in [-0.1, -0.05) is 0 Å². The molecule has 5 nitrogen and oxygen atoms in total. The Balaban J connectivity index is 1.65. The zero-order valence-corrected chi connectivity index (χ0v) is 13.8. The average molecular weight is 344 g/mol. The van der Waals surface area contributed by atoms with E-state index < -0.39 is 0 Å². The average Bonchev–Trinajstić information content (AvgIpc) is 3.01. The Hall–Kier alpha value is -0.430. The number of aromatic nitrogens is 2. The standard InChI is InChI=1S/C14H22BrN3O2/c1-3-18-12(13(15)11(2)16-18)10-17-6-4-14(5-7-17)19-8-9-20-14/h3-10H2,1-2H3. The number of aryl methyl sites for hydroxylation is 2. The van der Waals surface area contributed by atoms with Crippen molar-refractivity contribution in [3.63, 3.8) is 0 Å². The highest BCUT2D eigenvalue weighted by Gasteiger charge is 2.39. The van der Waals surface area contributed by atoms with Gasteiger partial charge < -0.3 is 9.47 Å². The number of likely N-dealkylation sites (tertiary alicyclic amines) is 1. The number of hydrogen-bond acceptors (Lipinski definition) is 4. The summed E-state index contributed by atoms with van der Waals surface area (Å²) in [6.45, 7) is 9.54. The molecule has 0 bridgehead atoms. The van der Waals surface area contributed by atoms with Gasteiger partial charge in [-0.2, -0.15) is 5.10 Å². The van der Waals surface area contributed by atoms with Gasteiger partial charge in [-0.25, -0.2) is 0 Å². The van der Waals surface area contributed by atoms with Crippen molar-refractivity contribution in [2.45, 2.75) is 45.6 Å². The number of hydrogen-bond donors (Lipinski definition) is 0. The van der Waals surface area contributed by atoms with Crippen LogP contribution >= 0.6 is 15.9 Å². The summed E-state index contributed by atoms with van der Waals surface area (Å²) in [6.07, 6.45) is 1.92. The van der Waals surface area contributed by atoms with Crippen molar-refractivity contribution < 1.29 is 9.47 Å². The van der Waals surface area contributed by atoms with Crippen molar-refractivity contribution in [2.24, 2.45) is 0 Å². The van der Waals surface area contributed by atoms with E-state index in [0.29, 0.717) is 0 Å². The van der Waals surface area contributed by atoms with Crippen molar-refractivity contribution in [2.75, 3.05) is 26.3 Å². The van der Waals surface area contributed by atoms with Crippen LogP contribution < -0.4 is 0 Å². The highest BCUT2D eigenvalue weighted by Crippen LogP contribution is 2.32. The minimum Gasteiger partial charge on any atom is -0.347 e. The molecule has 0 amide bonds. The van der Waals surface area contributed by atoms with Crippen LogP contribution in [0.25, 0.3) is 0 Å². The van der Waals surface area contributed by atoms with Crippen LogP contribution in [0.3, 0.4) is 0 Å². The van der Waals surface area contributed by atoms with Crippen LogP contribution in [0.4, 0.5) is 0 Å². The second kappa shape index (κ2) is 5.75. The van der Waals surface area contributed by atoms with Gasteiger partial charge in [-0.05, 0) is 29.8 Å². The number of piperidine rings is 1. The lowest BCUT2D eigenvalue weighted by atomic mass is 10.0. The maximum absolute atomic E-state index is 5.78. The summed E-state index contributed by atoms with van der Waals surface area (Å²) in [7, 11) is 0. The molecule has 112 valence electrons. The maximum atomic E-state index is 5.78. The molecule has 0 aliphatic carbocycles. The Morgan fingerprint density at radius 3 is 2.50 bits per heavy atom. The molecular weight excluding hydrogens is 322 g/mol. The monoisotopic (exact) mass is 343 g/mol. The first-order valence-electron chi connectivity index (χ1n) is 7.35. The molecule has 1 aromatic heterocycles. The van der Waals surface area contributed by atoms with Gasteiger partial charge in [0.05, 0.1) is 29.1 Å². The second-order valence-electron chi connectivity index (χ2n) is 5.55. The van der Waals surface area contributed by atoms with Gasteiger partial charge in [0, 0.05) is 39.0 Å². The molecule has 0 atom stereocenters. The molecule has 2 aliphatic rings. The summed E-state index contributed by atoms with van der Waals surface area (Å²) >= 11 is 3.67. The molecule has 3 heterocycles. The van der Waals surface area contributed by atoms with E-state index in [4.69, 9.17) is 9.47 Å². The highest BCUT2D eigenvalue weighted by atomic mass is 79.9. The third kappa shape index (κ3) is 2.66. The molecule has 6 heteroatoms. The van der Waals surface area contributed by atoms with E-state index in [1.807, 2.05) is 6.92 Å². The molecule has 20 heavy (non-hydrogen) atoms. The molecule has 1 aromatic rings. The molecule has 1 spiro atoms. The second-order valence-corrected chi connectivity index (χ2v) is 6.34. The molecule has 2 fully saturated rings. The van der Waals surface area contributed by atoms with E-state index >= 15 is 0 Å². The number of halogens is 1. The molecule has 0 N–H and O–H groups in total. The largest absolute Gasteiger partial charge is 0.347 e. The van der Waals surface area contributed by atoms with Gasteiger partial charge in [0.25, 0.3) is 0 Å². The van der Waals surface area contributed by atoms with Crippen molar-refractivity contribution in [3.8, 4) is 0 Å². The quantitative estimate of drug-likeness (QED) is 0.844. The SMILES string of the molecule is CCn1nc(C)c(Br)c1CN1CCC2(CC1)OCCO2. The van der Waals surface area contributed by atoms with Gasteiger partial charge in [-0.15, -0.1) is 0 Å². The number of nitrogens with zero attached hydrogens (tertiary/aromatic N) is 3. The first kappa shape index (κ1) is 14.5. The molecule has 0 aromatic carbocycles. The van der Waals surface area contributed by atoms with Gasteiger partial charge in [-0.3, -0.25) is 9.58 Å². The predicted octanol–water partition coefficient (Wildman–Crippen LogP) is 2.31. The molecule has 2 saturated heterocycles. The summed E-state index contributed by atoms with van der Waals surface area (Å²) in [4.78, 5) is 2.46. The van der Waals surface area contributed by atoms with E-state index in [2.05, 4.69) is 37.5 Å². The van der Waals surface area contributed by atoms with Crippen LogP contribution in [0.15, 0.2) is 4.47 Å². The van der Waals surface area contributed by atoms with E-state index in [0.717, 1.165) is 62.4 Å². The molecule has 0 saturated carbocycles. The Morgan fingerprint density at radius 2 is 1.90 bits per heavy atom. The smallest absolute Gasteiger partial charge is 0.170 e. The van der Waals surface area contributed by atoms with Crippen LogP contribution in [0.5, 0.6) is 0 Å². The summed E-state index contributed by atoms with van der Waals surface area (Å²) in [5.41, 5.74) is 2.34. The Kier molecular flexibility index (Phi) is 4.17. The van der Waals surface area contributed by atoms with E-state index in [1.165, 1.54) is 5.69 Å². The minimum atomic E-state index is -0.283. The fourth-order valence-electron chi connectivity index (χ4n) is 3.07. The lowest BCUT2D eigenvalue weighted by molar-refractivity contribution is -0.185. The molecule has 2 aliphatic heterocycles. The fraction of sp³-hybridized carbons (Fsp3) is 0.786. The molecule has 3 rings (SSSR count). The molecule has 0 unspecified atom stereocenters. The van der Waals surface area contributed by atoms with Crippen LogP contribution in [-0.4, -0.2) is 46.8 Å². The van der Waals surface area contributed by atoms with Crippen molar-refractivity contribution in [1.29, 1.82) is 0 Å². The minimum absolute atomic E-state index is 0.283. The van der Waals surface area contributed by atoms with Crippen LogP contribution in [0.1, 0.15) is 31.2 Å². The van der Waals surface area contributed by atoms with Crippen LogP contribution in [-0.2, 0) is 22.6 Å². The summed E-state index contributed by atoms with van der Waals surface area (Å²) < 4.78 is 14.8. The topological polar surface area (TPSA) is 39.5 Å². The molecule has 0 radical (unpaired) electrons. The van der Waals surface area contributed by atoms with Crippen molar-refractivity contribution in [3.05, 3.63) is 15.9 Å². The summed E-state index contributed by atoms with van der Waals surface area (Å²) in [5, 5.41) is 4.56. The van der Waals surface area contributed by atoms with Gasteiger partial charge in [0.2, 0.25) is 0 Å². The number of rotatable bonds is 3. The van der Waals surface area contributed by atoms with E-state index in [9.17, 15) is 0 Å². The van der Waals surface area contributed by atoms with Gasteiger partial charge in [0.1, 0.15) is 0 Å². The maximum Gasteiger partial charge on any atom is 0.170 e. The highest BCUT2D eigenvalue weighted by molar-refractivity contribution is 9.10. The molecular formula is C14H22BrN3O2. The zero-order chi connectivity index (χ0) is 14.2. The van der Waals surface area contributed by atoms with Gasteiger partial charge >= 0.3 is 0 Å².